The molecule has 0 aliphatic heterocycles. The van der Waals surface area contributed by atoms with E-state index < -0.39 is 0 Å². The summed E-state index contributed by atoms with van der Waals surface area (Å²) in [4.78, 5) is 4.71. The van der Waals surface area contributed by atoms with Gasteiger partial charge in [-0.15, -0.1) is 10.2 Å². The first kappa shape index (κ1) is 20.5. The molecular weight excluding hydrogens is 420 g/mol. The Morgan fingerprint density at radius 1 is 1.09 bits per heavy atom. The molecule has 4 aromatic heterocycles. The van der Waals surface area contributed by atoms with Crippen LogP contribution in [-0.4, -0.2) is 44.9 Å². The molecule has 0 radical (unpaired) electrons. The van der Waals surface area contributed by atoms with E-state index in [4.69, 9.17) is 10.2 Å². The first-order valence-electron chi connectivity index (χ1n) is 10.8. The number of hydrogen-bond donors (Lipinski definition) is 2. The summed E-state index contributed by atoms with van der Waals surface area (Å²) < 4.78 is 1.80. The smallest absolute Gasteiger partial charge is 0.151 e. The Labute approximate surface area is 190 Å². The maximum Gasteiger partial charge on any atom is 0.151 e. The molecule has 1 saturated carbocycles. The summed E-state index contributed by atoms with van der Waals surface area (Å²) in [7, 11) is 3.94. The Morgan fingerprint density at radius 3 is 2.69 bits per heavy atom. The van der Waals surface area contributed by atoms with Gasteiger partial charge in [0.15, 0.2) is 5.01 Å². The molecule has 162 valence electrons. The molecule has 0 saturated heterocycles. The van der Waals surface area contributed by atoms with Crippen LogP contribution in [0.2, 0.25) is 0 Å². The van der Waals surface area contributed by atoms with Gasteiger partial charge in [-0.1, -0.05) is 11.3 Å². The van der Waals surface area contributed by atoms with Gasteiger partial charge in [0, 0.05) is 30.9 Å². The fourth-order valence-corrected chi connectivity index (χ4v) is 5.40. The fourth-order valence-electron chi connectivity index (χ4n) is 4.36. The van der Waals surface area contributed by atoms with Crippen LogP contribution >= 0.6 is 11.3 Å². The third kappa shape index (κ3) is 3.72. The lowest BCUT2D eigenvalue weighted by molar-refractivity contribution is 0.357. The molecule has 0 atom stereocenters. The number of nitrogens with zero attached hydrogens (tertiary/aromatic N) is 6. The molecule has 32 heavy (non-hydrogen) atoms. The number of hydrogen-bond acceptors (Lipinski definition) is 8. The topological polar surface area (TPSA) is 104 Å². The predicted molar refractivity (Wildman–Crippen MR) is 126 cm³/mol. The van der Waals surface area contributed by atoms with Crippen molar-refractivity contribution in [3.05, 3.63) is 47.2 Å². The van der Waals surface area contributed by atoms with E-state index in [0.717, 1.165) is 51.0 Å². The molecule has 9 heteroatoms. The lowest BCUT2D eigenvalue weighted by Gasteiger charge is -2.26. The standard InChI is InChI=1S/C23H24N8S/c1-25-16-5-3-15(4-6-16)22-29-30-23(32-22)18-13-27-20(10-19(18)26-2)21-8-7-17-9-14(11-24)12-28-31(17)21/h7-10,12-13,15-16,25H,3-6H2,1-2H3,(H,26,27). The number of anilines is 1. The van der Waals surface area contributed by atoms with Crippen molar-refractivity contribution in [2.24, 2.45) is 0 Å². The van der Waals surface area contributed by atoms with E-state index in [1.165, 1.54) is 12.8 Å². The average Bonchev–Trinajstić information content (AvgIpc) is 3.51. The van der Waals surface area contributed by atoms with Gasteiger partial charge in [-0.2, -0.15) is 10.4 Å². The molecule has 2 N–H and O–H groups in total. The van der Waals surface area contributed by atoms with Gasteiger partial charge in [-0.3, -0.25) is 4.98 Å². The highest BCUT2D eigenvalue weighted by atomic mass is 32.1. The quantitative estimate of drug-likeness (QED) is 0.478. The van der Waals surface area contributed by atoms with Crippen LogP contribution in [0.5, 0.6) is 0 Å². The van der Waals surface area contributed by atoms with Gasteiger partial charge in [0.1, 0.15) is 11.1 Å². The normalized spacial score (nSPS) is 18.5. The summed E-state index contributed by atoms with van der Waals surface area (Å²) in [5, 5.41) is 31.2. The lowest BCUT2D eigenvalue weighted by atomic mass is 9.86. The average molecular weight is 445 g/mol. The maximum atomic E-state index is 9.10. The number of nitrogens with one attached hydrogen (secondary N) is 2. The first-order chi connectivity index (χ1) is 15.7. The summed E-state index contributed by atoms with van der Waals surface area (Å²) in [6.07, 6.45) is 8.09. The highest BCUT2D eigenvalue weighted by Gasteiger charge is 2.25. The SMILES string of the molecule is CNc1cc(-c2ccc3cc(C#N)cnn23)ncc1-c1nnc(C2CCC(NC)CC2)s1. The number of fused-ring (bicyclic) bond motifs is 1. The molecule has 8 nitrogen and oxygen atoms in total. The summed E-state index contributed by atoms with van der Waals surface area (Å²) in [5.41, 5.74) is 4.95. The molecule has 1 aliphatic carbocycles. The number of pyridine rings is 1. The van der Waals surface area contributed by atoms with E-state index in [2.05, 4.69) is 32.0 Å². The Kier molecular flexibility index (Phi) is 5.55. The van der Waals surface area contributed by atoms with Crippen LogP contribution in [0.25, 0.3) is 27.5 Å². The van der Waals surface area contributed by atoms with Gasteiger partial charge in [-0.05, 0) is 57.0 Å². The van der Waals surface area contributed by atoms with Crippen molar-refractivity contribution < 1.29 is 0 Å². The second-order valence-corrected chi connectivity index (χ2v) is 9.07. The van der Waals surface area contributed by atoms with Crippen molar-refractivity contribution in [3.63, 3.8) is 0 Å². The van der Waals surface area contributed by atoms with E-state index >= 15 is 0 Å². The molecule has 0 unspecified atom stereocenters. The van der Waals surface area contributed by atoms with Crippen LogP contribution in [0, 0.1) is 11.3 Å². The van der Waals surface area contributed by atoms with E-state index in [9.17, 15) is 0 Å². The van der Waals surface area contributed by atoms with Crippen molar-refractivity contribution in [1.29, 1.82) is 5.26 Å². The van der Waals surface area contributed by atoms with Crippen LogP contribution in [0.4, 0.5) is 5.69 Å². The zero-order chi connectivity index (χ0) is 22.1. The molecule has 1 fully saturated rings. The summed E-state index contributed by atoms with van der Waals surface area (Å²) in [6, 6.07) is 10.5. The molecular formula is C23H24N8S. The van der Waals surface area contributed by atoms with Gasteiger partial charge >= 0.3 is 0 Å². The Balaban J connectivity index is 1.44. The largest absolute Gasteiger partial charge is 0.387 e. The van der Waals surface area contributed by atoms with Gasteiger partial charge in [0.25, 0.3) is 0 Å². The predicted octanol–water partition coefficient (Wildman–Crippen LogP) is 4.07. The van der Waals surface area contributed by atoms with E-state index in [0.29, 0.717) is 17.5 Å². The highest BCUT2D eigenvalue weighted by Crippen LogP contribution is 2.38. The van der Waals surface area contributed by atoms with Crippen LogP contribution in [-0.2, 0) is 0 Å². The highest BCUT2D eigenvalue weighted by molar-refractivity contribution is 7.14. The van der Waals surface area contributed by atoms with Crippen molar-refractivity contribution in [1.82, 2.24) is 30.1 Å². The molecule has 0 amide bonds. The van der Waals surface area contributed by atoms with Gasteiger partial charge in [0.05, 0.1) is 34.2 Å². The molecule has 4 heterocycles. The second-order valence-electron chi connectivity index (χ2n) is 8.06. The third-order valence-electron chi connectivity index (χ3n) is 6.22. The summed E-state index contributed by atoms with van der Waals surface area (Å²) >= 11 is 1.67. The van der Waals surface area contributed by atoms with Gasteiger partial charge in [0.2, 0.25) is 0 Å². The zero-order valence-electron chi connectivity index (χ0n) is 18.0. The van der Waals surface area contributed by atoms with Crippen molar-refractivity contribution in [2.75, 3.05) is 19.4 Å². The molecule has 5 rings (SSSR count). The second kappa shape index (κ2) is 8.65. The minimum Gasteiger partial charge on any atom is -0.387 e. The van der Waals surface area contributed by atoms with Crippen LogP contribution in [0.3, 0.4) is 0 Å². The summed E-state index contributed by atoms with van der Waals surface area (Å²) in [5.74, 6) is 0.493. The molecule has 0 bridgehead atoms. The number of aromatic nitrogens is 5. The Bertz CT molecular complexity index is 1290. The maximum absolute atomic E-state index is 9.10. The first-order valence-corrected chi connectivity index (χ1v) is 11.6. The molecule has 4 aromatic rings. The Hall–Kier alpha value is -3.35. The molecule has 1 aliphatic rings. The van der Waals surface area contributed by atoms with Crippen LogP contribution in [0.1, 0.15) is 42.2 Å². The lowest BCUT2D eigenvalue weighted by Crippen LogP contribution is -2.29. The van der Waals surface area contributed by atoms with Gasteiger partial charge in [-0.25, -0.2) is 4.52 Å². The van der Waals surface area contributed by atoms with Gasteiger partial charge < -0.3 is 10.6 Å². The molecule has 0 spiro atoms. The fraction of sp³-hybridized carbons (Fsp3) is 0.348. The summed E-state index contributed by atoms with van der Waals surface area (Å²) in [6.45, 7) is 0. The Morgan fingerprint density at radius 2 is 1.94 bits per heavy atom. The minimum absolute atomic E-state index is 0.493. The monoisotopic (exact) mass is 444 g/mol. The van der Waals surface area contributed by atoms with Crippen molar-refractivity contribution >= 4 is 22.5 Å². The molecule has 0 aromatic carbocycles. The van der Waals surface area contributed by atoms with E-state index in [1.807, 2.05) is 44.6 Å². The zero-order valence-corrected chi connectivity index (χ0v) is 18.9. The van der Waals surface area contributed by atoms with Crippen molar-refractivity contribution in [2.45, 2.75) is 37.6 Å². The van der Waals surface area contributed by atoms with Crippen molar-refractivity contribution in [3.8, 4) is 28.0 Å². The third-order valence-corrected chi connectivity index (χ3v) is 7.34. The van der Waals surface area contributed by atoms with Crippen LogP contribution in [0.15, 0.2) is 36.7 Å². The number of rotatable bonds is 5. The minimum atomic E-state index is 0.493. The van der Waals surface area contributed by atoms with Crippen LogP contribution < -0.4 is 10.6 Å². The van der Waals surface area contributed by atoms with E-state index in [-0.39, 0.29) is 0 Å². The van der Waals surface area contributed by atoms with E-state index in [1.54, 1.807) is 22.0 Å². The number of nitriles is 1.